The zero-order valence-electron chi connectivity index (χ0n) is 14.6. The molecule has 1 aromatic heterocycles. The summed E-state index contributed by atoms with van der Waals surface area (Å²) in [6.07, 6.45) is 3.24. The van der Waals surface area contributed by atoms with Crippen LogP contribution in [-0.2, 0) is 11.3 Å². The molecule has 0 fully saturated rings. The van der Waals surface area contributed by atoms with Crippen LogP contribution in [0.2, 0.25) is 0 Å². The van der Waals surface area contributed by atoms with Gasteiger partial charge in [0.05, 0.1) is 17.2 Å². The molecule has 1 heterocycles. The Morgan fingerprint density at radius 1 is 1.29 bits per heavy atom. The third kappa shape index (κ3) is 4.13. The third-order valence-corrected chi connectivity index (χ3v) is 3.87. The van der Waals surface area contributed by atoms with Gasteiger partial charge in [-0.25, -0.2) is 5.43 Å². The van der Waals surface area contributed by atoms with Crippen molar-refractivity contribution in [3.8, 4) is 11.8 Å². The highest BCUT2D eigenvalue weighted by atomic mass is 16.6. The minimum Gasteiger partial charge on any atom is -0.477 e. The van der Waals surface area contributed by atoms with Gasteiger partial charge in [-0.2, -0.15) is 10.4 Å². The van der Waals surface area contributed by atoms with Crippen LogP contribution in [0.1, 0.15) is 5.56 Å². The van der Waals surface area contributed by atoms with Crippen LogP contribution < -0.4 is 10.2 Å². The Balaban J connectivity index is 1.64. The first-order valence-electron chi connectivity index (χ1n) is 8.23. The van der Waals surface area contributed by atoms with E-state index in [1.165, 1.54) is 24.4 Å². The predicted molar refractivity (Wildman–Crippen MR) is 102 cm³/mol. The van der Waals surface area contributed by atoms with Gasteiger partial charge < -0.3 is 9.30 Å². The molecule has 1 N–H and O–H groups in total. The molecular weight excluding hydrogens is 362 g/mol. The SMILES string of the molecule is N#CCn1cc(C=NNC(=O)COc2ccccc2[N+](=O)[O-])c2ccccc21. The number of nitro groups is 1. The molecule has 28 heavy (non-hydrogen) atoms. The molecular formula is C19H15N5O4. The normalized spacial score (nSPS) is 10.7. The number of rotatable bonds is 7. The molecule has 0 saturated carbocycles. The quantitative estimate of drug-likeness (QED) is 0.385. The van der Waals surface area contributed by atoms with Crippen LogP contribution in [0.15, 0.2) is 59.8 Å². The second-order valence-corrected chi connectivity index (χ2v) is 5.69. The van der Waals surface area contributed by atoms with Gasteiger partial charge in [-0.1, -0.05) is 30.3 Å². The Labute approximate surface area is 159 Å². The average Bonchev–Trinajstić information content (AvgIpc) is 3.05. The van der Waals surface area contributed by atoms with Crippen molar-refractivity contribution < 1.29 is 14.5 Å². The predicted octanol–water partition coefficient (Wildman–Crippen LogP) is 2.60. The maximum atomic E-state index is 11.9. The van der Waals surface area contributed by atoms with Crippen LogP contribution in [0.3, 0.4) is 0 Å². The minimum absolute atomic E-state index is 0.00574. The van der Waals surface area contributed by atoms with E-state index >= 15 is 0 Å². The molecule has 0 spiro atoms. The van der Waals surface area contributed by atoms with Crippen molar-refractivity contribution in [3.63, 3.8) is 0 Å². The number of amides is 1. The number of para-hydroxylation sites is 3. The van der Waals surface area contributed by atoms with E-state index in [1.807, 2.05) is 24.3 Å². The zero-order chi connectivity index (χ0) is 19.9. The van der Waals surface area contributed by atoms with Gasteiger partial charge in [0.15, 0.2) is 12.4 Å². The lowest BCUT2D eigenvalue weighted by atomic mass is 10.2. The number of carbonyl (C=O) groups is 1. The van der Waals surface area contributed by atoms with E-state index in [0.29, 0.717) is 0 Å². The summed E-state index contributed by atoms with van der Waals surface area (Å²) in [7, 11) is 0. The Kier molecular flexibility index (Phi) is 5.62. The highest BCUT2D eigenvalue weighted by Gasteiger charge is 2.14. The van der Waals surface area contributed by atoms with E-state index in [0.717, 1.165) is 16.5 Å². The molecule has 0 aliphatic heterocycles. The van der Waals surface area contributed by atoms with Gasteiger partial charge in [0, 0.05) is 28.7 Å². The van der Waals surface area contributed by atoms with Gasteiger partial charge in [-0.3, -0.25) is 14.9 Å². The van der Waals surface area contributed by atoms with Gasteiger partial charge in [0.2, 0.25) is 0 Å². The molecule has 0 radical (unpaired) electrons. The fourth-order valence-corrected chi connectivity index (χ4v) is 2.66. The number of hydrogen-bond acceptors (Lipinski definition) is 6. The van der Waals surface area contributed by atoms with Gasteiger partial charge in [0.25, 0.3) is 5.91 Å². The Bertz CT molecular complexity index is 1100. The maximum absolute atomic E-state index is 11.9. The van der Waals surface area contributed by atoms with E-state index in [9.17, 15) is 14.9 Å². The first kappa shape index (κ1) is 18.6. The lowest BCUT2D eigenvalue weighted by Gasteiger charge is -2.05. The summed E-state index contributed by atoms with van der Waals surface area (Å²) in [5.74, 6) is -0.554. The summed E-state index contributed by atoms with van der Waals surface area (Å²) in [5, 5.41) is 24.7. The van der Waals surface area contributed by atoms with Crippen LogP contribution in [0.5, 0.6) is 5.75 Å². The highest BCUT2D eigenvalue weighted by molar-refractivity contribution is 5.99. The van der Waals surface area contributed by atoms with Crippen molar-refractivity contribution >= 4 is 28.7 Å². The number of hydrazone groups is 1. The van der Waals surface area contributed by atoms with Crippen molar-refractivity contribution in [3.05, 3.63) is 70.4 Å². The van der Waals surface area contributed by atoms with Crippen LogP contribution in [0, 0.1) is 21.4 Å². The molecule has 9 nitrogen and oxygen atoms in total. The van der Waals surface area contributed by atoms with Crippen molar-refractivity contribution in [1.82, 2.24) is 9.99 Å². The molecule has 0 unspecified atom stereocenters. The lowest BCUT2D eigenvalue weighted by molar-refractivity contribution is -0.385. The fraction of sp³-hybridized carbons (Fsp3) is 0.105. The first-order chi connectivity index (χ1) is 13.6. The Morgan fingerprint density at radius 3 is 2.82 bits per heavy atom. The number of ether oxygens (including phenoxy) is 1. The number of nitrogens with one attached hydrogen (secondary N) is 1. The summed E-state index contributed by atoms with van der Waals surface area (Å²) in [6.45, 7) is -0.219. The van der Waals surface area contributed by atoms with Gasteiger partial charge in [-0.05, 0) is 12.1 Å². The number of nitro benzene ring substituents is 1. The van der Waals surface area contributed by atoms with Crippen molar-refractivity contribution in [1.29, 1.82) is 5.26 Å². The number of hydrogen-bond donors (Lipinski definition) is 1. The van der Waals surface area contributed by atoms with E-state index in [2.05, 4.69) is 16.6 Å². The summed E-state index contributed by atoms with van der Waals surface area (Å²) >= 11 is 0. The summed E-state index contributed by atoms with van der Waals surface area (Å²) < 4.78 is 6.99. The van der Waals surface area contributed by atoms with Crippen molar-refractivity contribution in [2.45, 2.75) is 6.54 Å². The highest BCUT2D eigenvalue weighted by Crippen LogP contribution is 2.25. The Morgan fingerprint density at radius 2 is 2.04 bits per heavy atom. The van der Waals surface area contributed by atoms with Crippen LogP contribution >= 0.6 is 0 Å². The molecule has 2 aromatic carbocycles. The van der Waals surface area contributed by atoms with Crippen LogP contribution in [-0.4, -0.2) is 28.2 Å². The first-order valence-corrected chi connectivity index (χ1v) is 8.23. The summed E-state index contributed by atoms with van der Waals surface area (Å²) in [5.41, 5.74) is 3.73. The maximum Gasteiger partial charge on any atom is 0.310 e. The number of aromatic nitrogens is 1. The molecule has 1 amide bonds. The number of fused-ring (bicyclic) bond motifs is 1. The third-order valence-electron chi connectivity index (χ3n) is 3.87. The van der Waals surface area contributed by atoms with Gasteiger partial charge in [-0.15, -0.1) is 0 Å². The van der Waals surface area contributed by atoms with Crippen molar-refractivity contribution in [2.75, 3.05) is 6.61 Å². The molecule has 0 atom stereocenters. The minimum atomic E-state index is -0.581. The molecule has 0 bridgehead atoms. The van der Waals surface area contributed by atoms with E-state index in [-0.39, 0.29) is 18.0 Å². The second-order valence-electron chi connectivity index (χ2n) is 5.69. The molecule has 3 aromatic rings. The zero-order valence-corrected chi connectivity index (χ0v) is 14.6. The van der Waals surface area contributed by atoms with Gasteiger partial charge in [0.1, 0.15) is 6.54 Å². The number of nitrogens with zero attached hydrogens (tertiary/aromatic N) is 4. The van der Waals surface area contributed by atoms with Crippen LogP contribution in [0.4, 0.5) is 5.69 Å². The average molecular weight is 377 g/mol. The molecule has 140 valence electrons. The van der Waals surface area contributed by atoms with E-state index in [4.69, 9.17) is 10.00 Å². The molecule has 3 rings (SSSR count). The molecule has 9 heteroatoms. The number of nitriles is 1. The molecule has 0 aliphatic carbocycles. The topological polar surface area (TPSA) is 123 Å². The summed E-state index contributed by atoms with van der Waals surface area (Å²) in [4.78, 5) is 22.2. The molecule has 0 aliphatic rings. The number of carbonyl (C=O) groups excluding carboxylic acids is 1. The second kappa shape index (κ2) is 8.46. The van der Waals surface area contributed by atoms with E-state index in [1.54, 1.807) is 16.8 Å². The monoisotopic (exact) mass is 377 g/mol. The van der Waals surface area contributed by atoms with Crippen LogP contribution in [0.25, 0.3) is 10.9 Å². The fourth-order valence-electron chi connectivity index (χ4n) is 2.66. The van der Waals surface area contributed by atoms with Gasteiger partial charge >= 0.3 is 5.69 Å². The van der Waals surface area contributed by atoms with Crippen molar-refractivity contribution in [2.24, 2.45) is 5.10 Å². The smallest absolute Gasteiger partial charge is 0.310 e. The standard InChI is InChI=1S/C19H15N5O4/c20-9-10-23-12-14(15-5-1-2-6-16(15)23)11-21-22-19(25)13-28-18-8-4-3-7-17(18)24(26)27/h1-8,11-12H,10,13H2,(H,22,25). The van der Waals surface area contributed by atoms with E-state index < -0.39 is 17.4 Å². The molecule has 0 saturated heterocycles. The summed E-state index contributed by atoms with van der Waals surface area (Å²) in [6, 6.07) is 15.4. The number of benzene rings is 2. The lowest BCUT2D eigenvalue weighted by Crippen LogP contribution is -2.24. The largest absolute Gasteiger partial charge is 0.477 e. The Hall–Kier alpha value is -4.19.